The van der Waals surface area contributed by atoms with E-state index in [1.54, 1.807) is 31.2 Å². The Hall–Kier alpha value is -3.26. The maximum Gasteiger partial charge on any atom is 0.263 e. The van der Waals surface area contributed by atoms with Gasteiger partial charge in [-0.2, -0.15) is 0 Å². The minimum Gasteiger partial charge on any atom is -0.492 e. The largest absolute Gasteiger partial charge is 0.492 e. The van der Waals surface area contributed by atoms with Crippen LogP contribution in [0.4, 0.5) is 5.69 Å². The summed E-state index contributed by atoms with van der Waals surface area (Å²) in [6, 6.07) is 20.6. The maximum absolute atomic E-state index is 12.6. The number of sulfonamides is 1. The molecule has 0 bridgehead atoms. The molecule has 1 N–H and O–H groups in total. The molecule has 1 atom stereocenters. The normalized spacial score (nSPS) is 15.8. The highest BCUT2D eigenvalue weighted by Gasteiger charge is 2.35. The molecule has 0 radical (unpaired) electrons. The fourth-order valence-electron chi connectivity index (χ4n) is 3.47. The average Bonchev–Trinajstić information content (AvgIpc) is 2.80. The molecule has 7 nitrogen and oxygen atoms in total. The lowest BCUT2D eigenvalue weighted by molar-refractivity contribution is -0.127. The number of para-hydroxylation sites is 2. The van der Waals surface area contributed by atoms with Gasteiger partial charge in [-0.05, 0) is 42.0 Å². The topological polar surface area (TPSA) is 84.9 Å². The van der Waals surface area contributed by atoms with E-state index in [1.165, 1.54) is 4.31 Å². The van der Waals surface area contributed by atoms with E-state index in [4.69, 9.17) is 9.47 Å². The van der Waals surface area contributed by atoms with E-state index >= 15 is 0 Å². The molecule has 0 spiro atoms. The summed E-state index contributed by atoms with van der Waals surface area (Å²) in [7, 11) is -3.53. The Morgan fingerprint density at radius 1 is 1.10 bits per heavy atom. The number of anilines is 1. The molecule has 3 aromatic carbocycles. The van der Waals surface area contributed by atoms with E-state index in [2.05, 4.69) is 5.32 Å². The number of nitrogens with one attached hydrogen (secondary N) is 1. The molecular formula is C23H24N2O5S. The monoisotopic (exact) mass is 440 g/mol. The number of nitrogens with zero attached hydrogens (tertiary/aromatic N) is 1. The second-order valence-corrected chi connectivity index (χ2v) is 9.34. The summed E-state index contributed by atoms with van der Waals surface area (Å²) in [6.45, 7) is 2.06. The Bertz CT molecular complexity index is 1200. The minimum atomic E-state index is -3.53. The highest BCUT2D eigenvalue weighted by Crippen LogP contribution is 2.35. The lowest BCUT2D eigenvalue weighted by atomic mass is 10.1. The Labute approximate surface area is 181 Å². The van der Waals surface area contributed by atoms with E-state index in [0.717, 1.165) is 16.5 Å². The average molecular weight is 441 g/mol. The van der Waals surface area contributed by atoms with Gasteiger partial charge in [0.2, 0.25) is 10.0 Å². The molecule has 1 amide bonds. The van der Waals surface area contributed by atoms with Gasteiger partial charge >= 0.3 is 0 Å². The first-order valence-corrected chi connectivity index (χ1v) is 11.7. The Kier molecular flexibility index (Phi) is 5.99. The van der Waals surface area contributed by atoms with E-state index in [-0.39, 0.29) is 31.4 Å². The van der Waals surface area contributed by atoms with Crippen LogP contribution in [0.3, 0.4) is 0 Å². The van der Waals surface area contributed by atoms with Crippen LogP contribution in [0.25, 0.3) is 10.8 Å². The molecule has 0 aromatic heterocycles. The van der Waals surface area contributed by atoms with Gasteiger partial charge in [0.05, 0.1) is 24.5 Å². The van der Waals surface area contributed by atoms with Crippen molar-refractivity contribution in [1.29, 1.82) is 0 Å². The van der Waals surface area contributed by atoms with Gasteiger partial charge in [0.15, 0.2) is 6.10 Å². The van der Waals surface area contributed by atoms with Crippen LogP contribution in [0.2, 0.25) is 0 Å². The summed E-state index contributed by atoms with van der Waals surface area (Å²) in [6.07, 6.45) is -0.933. The van der Waals surface area contributed by atoms with Gasteiger partial charge in [-0.15, -0.1) is 0 Å². The van der Waals surface area contributed by atoms with Crippen LogP contribution in [0.1, 0.15) is 6.92 Å². The number of fused-ring (bicyclic) bond motifs is 2. The number of hydrogen-bond acceptors (Lipinski definition) is 5. The molecule has 8 heteroatoms. The van der Waals surface area contributed by atoms with Crippen LogP contribution in [-0.4, -0.2) is 45.9 Å². The van der Waals surface area contributed by atoms with Gasteiger partial charge in [0.1, 0.15) is 18.1 Å². The summed E-state index contributed by atoms with van der Waals surface area (Å²) >= 11 is 0. The predicted molar refractivity (Wildman–Crippen MR) is 120 cm³/mol. The minimum absolute atomic E-state index is 0.0602. The Morgan fingerprint density at radius 3 is 2.65 bits per heavy atom. The van der Waals surface area contributed by atoms with Gasteiger partial charge in [-0.3, -0.25) is 9.10 Å². The number of hydrogen-bond donors (Lipinski definition) is 1. The van der Waals surface area contributed by atoms with Gasteiger partial charge in [-0.1, -0.05) is 42.5 Å². The molecule has 1 heterocycles. The molecule has 1 aliphatic rings. The van der Waals surface area contributed by atoms with Crippen LogP contribution in [0.15, 0.2) is 66.7 Å². The molecule has 1 unspecified atom stereocenters. The van der Waals surface area contributed by atoms with Gasteiger partial charge in [-0.25, -0.2) is 8.42 Å². The van der Waals surface area contributed by atoms with Crippen LogP contribution in [0, 0.1) is 0 Å². The zero-order chi connectivity index (χ0) is 21.8. The maximum atomic E-state index is 12.6. The van der Waals surface area contributed by atoms with Crippen LogP contribution >= 0.6 is 0 Å². The second kappa shape index (κ2) is 8.85. The quantitative estimate of drug-likeness (QED) is 0.571. The zero-order valence-corrected chi connectivity index (χ0v) is 18.0. The molecule has 0 saturated carbocycles. The number of benzene rings is 3. The highest BCUT2D eigenvalue weighted by molar-refractivity contribution is 7.92. The molecule has 0 saturated heterocycles. The van der Waals surface area contributed by atoms with E-state index in [1.807, 2.05) is 42.5 Å². The Balaban J connectivity index is 1.36. The predicted octanol–water partition coefficient (Wildman–Crippen LogP) is 2.95. The van der Waals surface area contributed by atoms with Crippen molar-refractivity contribution in [2.24, 2.45) is 0 Å². The zero-order valence-electron chi connectivity index (χ0n) is 17.2. The first-order valence-electron chi connectivity index (χ1n) is 10.1. The Morgan fingerprint density at radius 2 is 1.84 bits per heavy atom. The summed E-state index contributed by atoms with van der Waals surface area (Å²) in [5.41, 5.74) is 0.452. The van der Waals surface area contributed by atoms with Crippen molar-refractivity contribution in [1.82, 2.24) is 5.32 Å². The van der Waals surface area contributed by atoms with E-state index in [0.29, 0.717) is 11.4 Å². The summed E-state index contributed by atoms with van der Waals surface area (Å²) in [4.78, 5) is 12.6. The first-order chi connectivity index (χ1) is 15.0. The van der Waals surface area contributed by atoms with E-state index < -0.39 is 16.1 Å². The van der Waals surface area contributed by atoms with Crippen molar-refractivity contribution in [2.75, 3.05) is 29.8 Å². The number of ether oxygens (including phenoxy) is 2. The molecule has 4 rings (SSSR count). The van der Waals surface area contributed by atoms with Crippen LogP contribution < -0.4 is 19.1 Å². The fraction of sp³-hybridized carbons (Fsp3) is 0.261. The van der Waals surface area contributed by atoms with Crippen LogP contribution in [-0.2, 0) is 14.8 Å². The lowest BCUT2D eigenvalue weighted by Gasteiger charge is -2.34. The van der Waals surface area contributed by atoms with Gasteiger partial charge in [0.25, 0.3) is 5.91 Å². The molecule has 1 aliphatic heterocycles. The smallest absolute Gasteiger partial charge is 0.263 e. The number of amides is 1. The summed E-state index contributed by atoms with van der Waals surface area (Å²) in [5.74, 6) is 0.650. The van der Waals surface area contributed by atoms with Gasteiger partial charge < -0.3 is 14.8 Å². The lowest BCUT2D eigenvalue weighted by Crippen LogP contribution is -2.51. The highest BCUT2D eigenvalue weighted by atomic mass is 32.2. The standard InChI is InChI=1S/C23H24N2O5S/c1-2-31(27,28)25-16-22(30-21-10-6-5-9-20(21)25)23(26)24-13-14-29-19-12-11-17-7-3-4-8-18(17)15-19/h3-12,15,22H,2,13-14,16H2,1H3,(H,24,26). The third-order valence-electron chi connectivity index (χ3n) is 5.12. The van der Waals surface area contributed by atoms with Crippen molar-refractivity contribution in [3.8, 4) is 11.5 Å². The molecule has 31 heavy (non-hydrogen) atoms. The van der Waals surface area contributed by atoms with Crippen molar-refractivity contribution >= 4 is 32.4 Å². The number of carbonyl (C=O) groups excluding carboxylic acids is 1. The molecule has 162 valence electrons. The second-order valence-electron chi connectivity index (χ2n) is 7.15. The summed E-state index contributed by atoms with van der Waals surface area (Å²) < 4.78 is 37.8. The molecular weight excluding hydrogens is 416 g/mol. The first kappa shape index (κ1) is 21.0. The summed E-state index contributed by atoms with van der Waals surface area (Å²) in [5, 5.41) is 4.98. The third kappa shape index (κ3) is 4.59. The van der Waals surface area contributed by atoms with Crippen molar-refractivity contribution in [3.63, 3.8) is 0 Å². The van der Waals surface area contributed by atoms with Crippen LogP contribution in [0.5, 0.6) is 11.5 Å². The van der Waals surface area contributed by atoms with Crippen molar-refractivity contribution in [2.45, 2.75) is 13.0 Å². The van der Waals surface area contributed by atoms with Crippen molar-refractivity contribution in [3.05, 3.63) is 66.7 Å². The molecule has 3 aromatic rings. The van der Waals surface area contributed by atoms with Crippen molar-refractivity contribution < 1.29 is 22.7 Å². The SMILES string of the molecule is CCS(=O)(=O)N1CC(C(=O)NCCOc2ccc3ccccc3c2)Oc2ccccc21. The number of carbonyl (C=O) groups is 1. The molecule has 0 aliphatic carbocycles. The number of rotatable bonds is 7. The van der Waals surface area contributed by atoms with Gasteiger partial charge in [0, 0.05) is 0 Å². The third-order valence-corrected chi connectivity index (χ3v) is 6.87. The fourth-order valence-corrected chi connectivity index (χ4v) is 4.60. The molecule has 0 fully saturated rings. The van der Waals surface area contributed by atoms with E-state index in [9.17, 15) is 13.2 Å².